The van der Waals surface area contributed by atoms with Crippen molar-refractivity contribution in [3.63, 3.8) is 0 Å². The number of hydrogen-bond donors (Lipinski definition) is 1. The van der Waals surface area contributed by atoms with Crippen molar-refractivity contribution in [2.75, 3.05) is 6.54 Å². The van der Waals surface area contributed by atoms with Gasteiger partial charge in [-0.15, -0.1) is 0 Å². The quantitative estimate of drug-likeness (QED) is 0.821. The Kier molecular flexibility index (Phi) is 5.11. The molecule has 0 bridgehead atoms. The van der Waals surface area contributed by atoms with Crippen molar-refractivity contribution in [1.29, 1.82) is 0 Å². The number of aryl methyl sites for hydroxylation is 1. The second-order valence-electron chi connectivity index (χ2n) is 4.85. The van der Waals surface area contributed by atoms with E-state index in [0.29, 0.717) is 5.56 Å². The summed E-state index contributed by atoms with van der Waals surface area (Å²) < 4.78 is 13.7. The molecular weight excluding hydrogens is 257 g/mol. The summed E-state index contributed by atoms with van der Waals surface area (Å²) >= 11 is 1.70. The maximum atomic E-state index is 13.7. The lowest BCUT2D eigenvalue weighted by molar-refractivity contribution is 0.524. The van der Waals surface area contributed by atoms with Crippen molar-refractivity contribution >= 4 is 11.3 Å². The molecule has 0 saturated heterocycles. The lowest BCUT2D eigenvalue weighted by atomic mass is 9.99. The van der Waals surface area contributed by atoms with Gasteiger partial charge in [0, 0.05) is 6.04 Å². The first-order chi connectivity index (χ1) is 9.20. The molecule has 2 rings (SSSR count). The fourth-order valence-electron chi connectivity index (χ4n) is 2.10. The van der Waals surface area contributed by atoms with Crippen LogP contribution in [0.1, 0.15) is 36.1 Å². The highest BCUT2D eigenvalue weighted by molar-refractivity contribution is 7.07. The van der Waals surface area contributed by atoms with E-state index in [4.69, 9.17) is 0 Å². The van der Waals surface area contributed by atoms with Gasteiger partial charge in [0.15, 0.2) is 0 Å². The number of hydrogen-bond acceptors (Lipinski definition) is 2. The number of halogens is 1. The molecule has 1 atom stereocenters. The Morgan fingerprint density at radius 3 is 2.79 bits per heavy atom. The minimum atomic E-state index is -0.119. The van der Waals surface area contributed by atoms with E-state index in [0.717, 1.165) is 24.9 Å². The second kappa shape index (κ2) is 6.83. The molecule has 1 aromatic heterocycles. The van der Waals surface area contributed by atoms with Crippen LogP contribution in [0, 0.1) is 12.7 Å². The molecule has 1 heterocycles. The standard InChI is InChI=1S/C16H20FNS/c1-3-7-18-16(9-13-6-8-19-11-13)14-5-4-12(2)15(17)10-14/h4-6,8,10-11,16,18H,3,7,9H2,1-2H3. The Morgan fingerprint density at radius 1 is 1.32 bits per heavy atom. The monoisotopic (exact) mass is 277 g/mol. The van der Waals surface area contributed by atoms with E-state index in [1.165, 1.54) is 5.56 Å². The summed E-state index contributed by atoms with van der Waals surface area (Å²) in [4.78, 5) is 0. The molecule has 0 fully saturated rings. The highest BCUT2D eigenvalue weighted by Gasteiger charge is 2.13. The third-order valence-corrected chi connectivity index (χ3v) is 3.99. The van der Waals surface area contributed by atoms with Crippen molar-refractivity contribution < 1.29 is 4.39 Å². The van der Waals surface area contributed by atoms with Gasteiger partial charge in [-0.2, -0.15) is 11.3 Å². The Balaban J connectivity index is 2.18. The van der Waals surface area contributed by atoms with Gasteiger partial charge < -0.3 is 5.32 Å². The van der Waals surface area contributed by atoms with Crippen molar-refractivity contribution in [3.05, 3.63) is 57.5 Å². The van der Waals surface area contributed by atoms with Crippen LogP contribution in [0.25, 0.3) is 0 Å². The molecule has 0 spiro atoms. The van der Waals surface area contributed by atoms with Crippen LogP contribution in [0.3, 0.4) is 0 Å². The predicted octanol–water partition coefficient (Wildman–Crippen LogP) is 4.48. The molecule has 102 valence electrons. The summed E-state index contributed by atoms with van der Waals surface area (Å²) in [6.45, 7) is 4.89. The lowest BCUT2D eigenvalue weighted by Crippen LogP contribution is -2.24. The largest absolute Gasteiger partial charge is 0.310 e. The first kappa shape index (κ1) is 14.2. The topological polar surface area (TPSA) is 12.0 Å². The molecule has 1 N–H and O–H groups in total. The minimum absolute atomic E-state index is 0.119. The highest BCUT2D eigenvalue weighted by atomic mass is 32.1. The van der Waals surface area contributed by atoms with Crippen LogP contribution in [0.5, 0.6) is 0 Å². The summed E-state index contributed by atoms with van der Waals surface area (Å²) in [5.74, 6) is -0.119. The van der Waals surface area contributed by atoms with Gasteiger partial charge in [0.2, 0.25) is 0 Å². The summed E-state index contributed by atoms with van der Waals surface area (Å²) in [5.41, 5.74) is 3.04. The fraction of sp³-hybridized carbons (Fsp3) is 0.375. The first-order valence-electron chi connectivity index (χ1n) is 6.71. The molecule has 0 amide bonds. The lowest BCUT2D eigenvalue weighted by Gasteiger charge is -2.19. The zero-order valence-electron chi connectivity index (χ0n) is 11.4. The van der Waals surface area contributed by atoms with E-state index in [2.05, 4.69) is 29.1 Å². The second-order valence-corrected chi connectivity index (χ2v) is 5.63. The van der Waals surface area contributed by atoms with Gasteiger partial charge in [0.25, 0.3) is 0 Å². The Labute approximate surface area is 118 Å². The Bertz CT molecular complexity index is 507. The smallest absolute Gasteiger partial charge is 0.126 e. The molecule has 19 heavy (non-hydrogen) atoms. The maximum absolute atomic E-state index is 13.7. The molecule has 2 aromatic rings. The maximum Gasteiger partial charge on any atom is 0.126 e. The molecule has 0 aliphatic rings. The average molecular weight is 277 g/mol. The van der Waals surface area contributed by atoms with Crippen LogP contribution >= 0.6 is 11.3 Å². The molecule has 1 aromatic carbocycles. The Morgan fingerprint density at radius 2 is 2.16 bits per heavy atom. The normalized spacial score (nSPS) is 12.6. The third-order valence-electron chi connectivity index (χ3n) is 3.26. The van der Waals surface area contributed by atoms with E-state index in [1.54, 1.807) is 24.3 Å². The molecule has 3 heteroatoms. The highest BCUT2D eigenvalue weighted by Crippen LogP contribution is 2.22. The van der Waals surface area contributed by atoms with E-state index >= 15 is 0 Å². The van der Waals surface area contributed by atoms with Crippen LogP contribution in [-0.4, -0.2) is 6.54 Å². The number of thiophene rings is 1. The minimum Gasteiger partial charge on any atom is -0.310 e. The van der Waals surface area contributed by atoms with Gasteiger partial charge in [-0.05, 0) is 65.9 Å². The van der Waals surface area contributed by atoms with Crippen LogP contribution in [0.4, 0.5) is 4.39 Å². The van der Waals surface area contributed by atoms with Crippen LogP contribution in [-0.2, 0) is 6.42 Å². The van der Waals surface area contributed by atoms with Gasteiger partial charge in [-0.3, -0.25) is 0 Å². The zero-order valence-corrected chi connectivity index (χ0v) is 12.3. The predicted molar refractivity (Wildman–Crippen MR) is 80.2 cm³/mol. The molecule has 1 nitrogen and oxygen atoms in total. The fourth-order valence-corrected chi connectivity index (χ4v) is 2.78. The summed E-state index contributed by atoms with van der Waals surface area (Å²) in [6.07, 6.45) is 1.99. The van der Waals surface area contributed by atoms with E-state index in [9.17, 15) is 4.39 Å². The van der Waals surface area contributed by atoms with Crippen LogP contribution < -0.4 is 5.32 Å². The number of nitrogens with one attached hydrogen (secondary N) is 1. The van der Waals surface area contributed by atoms with Crippen molar-refractivity contribution in [2.45, 2.75) is 32.7 Å². The van der Waals surface area contributed by atoms with Gasteiger partial charge in [-0.1, -0.05) is 19.1 Å². The zero-order chi connectivity index (χ0) is 13.7. The average Bonchev–Trinajstić information content (AvgIpc) is 2.91. The van der Waals surface area contributed by atoms with Crippen LogP contribution in [0.15, 0.2) is 35.0 Å². The van der Waals surface area contributed by atoms with Crippen molar-refractivity contribution in [3.8, 4) is 0 Å². The molecule has 0 aliphatic heterocycles. The molecular formula is C16H20FNS. The van der Waals surface area contributed by atoms with Gasteiger partial charge in [0.05, 0.1) is 0 Å². The summed E-state index contributed by atoms with van der Waals surface area (Å²) in [6, 6.07) is 7.87. The van der Waals surface area contributed by atoms with Crippen molar-refractivity contribution in [1.82, 2.24) is 5.32 Å². The summed E-state index contributed by atoms with van der Waals surface area (Å²) in [7, 11) is 0. The number of rotatable bonds is 6. The molecule has 0 radical (unpaired) electrons. The molecule has 0 aliphatic carbocycles. The summed E-state index contributed by atoms with van der Waals surface area (Å²) in [5, 5.41) is 7.75. The third kappa shape index (κ3) is 3.88. The number of benzene rings is 1. The van der Waals surface area contributed by atoms with Gasteiger partial charge in [-0.25, -0.2) is 4.39 Å². The van der Waals surface area contributed by atoms with Gasteiger partial charge >= 0.3 is 0 Å². The molecule has 0 saturated carbocycles. The van der Waals surface area contributed by atoms with Crippen molar-refractivity contribution in [2.24, 2.45) is 0 Å². The van der Waals surface area contributed by atoms with Crippen LogP contribution in [0.2, 0.25) is 0 Å². The first-order valence-corrected chi connectivity index (χ1v) is 7.65. The van der Waals surface area contributed by atoms with E-state index < -0.39 is 0 Å². The van der Waals surface area contributed by atoms with Gasteiger partial charge in [0.1, 0.15) is 5.82 Å². The molecule has 1 unspecified atom stereocenters. The Hall–Kier alpha value is -1.19. The van der Waals surface area contributed by atoms with E-state index in [-0.39, 0.29) is 11.9 Å². The van der Waals surface area contributed by atoms with E-state index in [1.807, 2.05) is 12.1 Å². The SMILES string of the molecule is CCCNC(Cc1ccsc1)c1ccc(C)c(F)c1.